The highest BCUT2D eigenvalue weighted by atomic mass is 16.5. The molecule has 1 aliphatic carbocycles. The molecule has 21 heavy (non-hydrogen) atoms. The van der Waals surface area contributed by atoms with E-state index in [0.29, 0.717) is 6.04 Å². The van der Waals surface area contributed by atoms with Gasteiger partial charge in [-0.3, -0.25) is 0 Å². The van der Waals surface area contributed by atoms with E-state index in [9.17, 15) is 5.11 Å². The lowest BCUT2D eigenvalue weighted by Gasteiger charge is -2.28. The second-order valence-corrected chi connectivity index (χ2v) is 6.15. The summed E-state index contributed by atoms with van der Waals surface area (Å²) in [7, 11) is 0. The van der Waals surface area contributed by atoms with Gasteiger partial charge in [0.15, 0.2) is 0 Å². The second kappa shape index (κ2) is 8.40. The van der Waals surface area contributed by atoms with Crippen molar-refractivity contribution in [3.05, 3.63) is 29.8 Å². The van der Waals surface area contributed by atoms with Crippen molar-refractivity contribution in [1.29, 1.82) is 0 Å². The lowest BCUT2D eigenvalue weighted by Crippen LogP contribution is -2.34. The van der Waals surface area contributed by atoms with Crippen molar-refractivity contribution in [1.82, 2.24) is 5.32 Å². The van der Waals surface area contributed by atoms with Gasteiger partial charge in [0.05, 0.1) is 6.10 Å². The van der Waals surface area contributed by atoms with Crippen LogP contribution in [-0.4, -0.2) is 29.9 Å². The first-order chi connectivity index (χ1) is 10.2. The molecule has 0 spiro atoms. The molecule has 1 aromatic rings. The molecule has 3 heteroatoms. The molecular weight excluding hydrogens is 262 g/mol. The molecule has 1 aliphatic rings. The van der Waals surface area contributed by atoms with Crippen molar-refractivity contribution < 1.29 is 9.84 Å². The first kappa shape index (κ1) is 16.3. The summed E-state index contributed by atoms with van der Waals surface area (Å²) in [6.07, 6.45) is 5.99. The zero-order valence-corrected chi connectivity index (χ0v) is 13.3. The maximum Gasteiger partial charge on any atom is 0.124 e. The molecule has 0 bridgehead atoms. The van der Waals surface area contributed by atoms with Crippen LogP contribution in [0.4, 0.5) is 0 Å². The summed E-state index contributed by atoms with van der Waals surface area (Å²) in [5.74, 6) is 0.879. The first-order valence-corrected chi connectivity index (χ1v) is 8.36. The normalized spacial score (nSPS) is 23.8. The highest BCUT2D eigenvalue weighted by Crippen LogP contribution is 2.24. The fourth-order valence-corrected chi connectivity index (χ4v) is 2.96. The third kappa shape index (κ3) is 5.33. The molecule has 3 unspecified atom stereocenters. The number of ether oxygens (including phenoxy) is 1. The van der Waals surface area contributed by atoms with Gasteiger partial charge in [-0.25, -0.2) is 0 Å². The smallest absolute Gasteiger partial charge is 0.124 e. The minimum Gasteiger partial charge on any atom is -0.488 e. The van der Waals surface area contributed by atoms with E-state index in [4.69, 9.17) is 4.74 Å². The number of aliphatic hydroxyl groups excluding tert-OH is 1. The average Bonchev–Trinajstić information content (AvgIpc) is 2.49. The number of benzene rings is 1. The number of rotatable bonds is 7. The molecule has 118 valence electrons. The van der Waals surface area contributed by atoms with Crippen LogP contribution in [0.3, 0.4) is 0 Å². The zero-order chi connectivity index (χ0) is 15.1. The number of hydrogen-bond acceptors (Lipinski definition) is 3. The van der Waals surface area contributed by atoms with E-state index >= 15 is 0 Å². The molecule has 3 atom stereocenters. The van der Waals surface area contributed by atoms with Gasteiger partial charge in [0.2, 0.25) is 0 Å². The van der Waals surface area contributed by atoms with Crippen LogP contribution in [0.2, 0.25) is 0 Å². The molecule has 2 N–H and O–H groups in total. The van der Waals surface area contributed by atoms with E-state index in [2.05, 4.69) is 31.3 Å². The van der Waals surface area contributed by atoms with Gasteiger partial charge < -0.3 is 15.2 Å². The van der Waals surface area contributed by atoms with Gasteiger partial charge in [-0.1, -0.05) is 25.5 Å². The van der Waals surface area contributed by atoms with E-state index in [1.807, 2.05) is 12.1 Å². The predicted octanol–water partition coefficient (Wildman–Crippen LogP) is 3.30. The first-order valence-electron chi connectivity index (χ1n) is 8.36. The molecule has 1 saturated carbocycles. The molecule has 0 amide bonds. The molecular formula is C18H29NO2. The SMILES string of the molecule is CCNC(C)CCc1ccc(OC2CCCCC2O)cc1. The van der Waals surface area contributed by atoms with Crippen molar-refractivity contribution in [2.24, 2.45) is 0 Å². The number of nitrogens with one attached hydrogen (secondary N) is 1. The lowest BCUT2D eigenvalue weighted by molar-refractivity contribution is 0.00687. The molecule has 0 saturated heterocycles. The predicted molar refractivity (Wildman–Crippen MR) is 86.8 cm³/mol. The van der Waals surface area contributed by atoms with Crippen molar-refractivity contribution in [3.63, 3.8) is 0 Å². The molecule has 0 aromatic heterocycles. The quantitative estimate of drug-likeness (QED) is 0.810. The molecule has 1 aromatic carbocycles. The fourth-order valence-electron chi connectivity index (χ4n) is 2.96. The number of aliphatic hydroxyl groups is 1. The highest BCUT2D eigenvalue weighted by molar-refractivity contribution is 5.27. The van der Waals surface area contributed by atoms with Gasteiger partial charge in [0.25, 0.3) is 0 Å². The lowest BCUT2D eigenvalue weighted by atomic mass is 9.95. The van der Waals surface area contributed by atoms with Gasteiger partial charge in [-0.15, -0.1) is 0 Å². The molecule has 2 rings (SSSR count). The topological polar surface area (TPSA) is 41.5 Å². The maximum atomic E-state index is 9.95. The van der Waals surface area contributed by atoms with Gasteiger partial charge in [-0.05, 0) is 63.3 Å². The van der Waals surface area contributed by atoms with E-state index in [1.54, 1.807) is 0 Å². The van der Waals surface area contributed by atoms with Crippen molar-refractivity contribution >= 4 is 0 Å². The Morgan fingerprint density at radius 1 is 1.24 bits per heavy atom. The van der Waals surface area contributed by atoms with Gasteiger partial charge in [0, 0.05) is 6.04 Å². The Labute approximate surface area is 128 Å². The molecule has 3 nitrogen and oxygen atoms in total. The summed E-state index contributed by atoms with van der Waals surface area (Å²) in [5, 5.41) is 13.4. The largest absolute Gasteiger partial charge is 0.488 e. The summed E-state index contributed by atoms with van der Waals surface area (Å²) >= 11 is 0. The van der Waals surface area contributed by atoms with Crippen LogP contribution in [0, 0.1) is 0 Å². The Morgan fingerprint density at radius 2 is 1.95 bits per heavy atom. The molecule has 0 heterocycles. The van der Waals surface area contributed by atoms with E-state index in [1.165, 1.54) is 5.56 Å². The van der Waals surface area contributed by atoms with Gasteiger partial charge in [-0.2, -0.15) is 0 Å². The van der Waals surface area contributed by atoms with Crippen LogP contribution in [0.25, 0.3) is 0 Å². The van der Waals surface area contributed by atoms with E-state index in [-0.39, 0.29) is 12.2 Å². The minimum absolute atomic E-state index is 0.0293. The Hall–Kier alpha value is -1.06. The Kier molecular flexibility index (Phi) is 6.52. The maximum absolute atomic E-state index is 9.95. The summed E-state index contributed by atoms with van der Waals surface area (Å²) < 4.78 is 5.92. The van der Waals surface area contributed by atoms with Crippen LogP contribution in [-0.2, 0) is 6.42 Å². The third-order valence-electron chi connectivity index (χ3n) is 4.30. The summed E-state index contributed by atoms with van der Waals surface area (Å²) in [5.41, 5.74) is 1.34. The van der Waals surface area contributed by atoms with Crippen molar-refractivity contribution in [2.75, 3.05) is 6.54 Å². The minimum atomic E-state index is -0.306. The van der Waals surface area contributed by atoms with Crippen molar-refractivity contribution in [3.8, 4) is 5.75 Å². The summed E-state index contributed by atoms with van der Waals surface area (Å²) in [6, 6.07) is 8.92. The highest BCUT2D eigenvalue weighted by Gasteiger charge is 2.24. The van der Waals surface area contributed by atoms with E-state index < -0.39 is 0 Å². The average molecular weight is 291 g/mol. The van der Waals surface area contributed by atoms with Gasteiger partial charge >= 0.3 is 0 Å². The van der Waals surface area contributed by atoms with Crippen molar-refractivity contribution in [2.45, 2.75) is 70.6 Å². The third-order valence-corrected chi connectivity index (χ3v) is 4.30. The number of hydrogen-bond donors (Lipinski definition) is 2. The molecule has 0 radical (unpaired) electrons. The standard InChI is InChI=1S/C18H29NO2/c1-3-19-14(2)8-9-15-10-12-16(13-11-15)21-18-7-5-4-6-17(18)20/h10-14,17-20H,3-9H2,1-2H3. The molecule has 1 fully saturated rings. The van der Waals surface area contributed by atoms with Crippen LogP contribution in [0.1, 0.15) is 51.5 Å². The zero-order valence-electron chi connectivity index (χ0n) is 13.3. The summed E-state index contributed by atoms with van der Waals surface area (Å²) in [6.45, 7) is 5.39. The van der Waals surface area contributed by atoms with Crippen LogP contribution >= 0.6 is 0 Å². The number of aryl methyl sites for hydroxylation is 1. The van der Waals surface area contributed by atoms with Gasteiger partial charge in [0.1, 0.15) is 11.9 Å². The Morgan fingerprint density at radius 3 is 2.62 bits per heavy atom. The van der Waals surface area contributed by atoms with E-state index in [0.717, 1.165) is 50.8 Å². The second-order valence-electron chi connectivity index (χ2n) is 6.15. The Bertz CT molecular complexity index is 404. The molecule has 0 aliphatic heterocycles. The van der Waals surface area contributed by atoms with Crippen LogP contribution < -0.4 is 10.1 Å². The summed E-state index contributed by atoms with van der Waals surface area (Å²) in [4.78, 5) is 0. The fraction of sp³-hybridized carbons (Fsp3) is 0.667. The Balaban J connectivity index is 1.81. The van der Waals surface area contributed by atoms with Crippen LogP contribution in [0.15, 0.2) is 24.3 Å². The monoisotopic (exact) mass is 291 g/mol. The van der Waals surface area contributed by atoms with Crippen LogP contribution in [0.5, 0.6) is 5.75 Å².